The molecule has 162 valence electrons. The van der Waals surface area contributed by atoms with Crippen LogP contribution in [0, 0.1) is 0 Å². The van der Waals surface area contributed by atoms with Gasteiger partial charge in [0.1, 0.15) is 11.4 Å². The number of ether oxygens (including phenoxy) is 2. The van der Waals surface area contributed by atoms with E-state index >= 15 is 0 Å². The first-order valence-corrected chi connectivity index (χ1v) is 10.6. The standard InChI is InChI=1S/C18H19BrN2O2.C5H10O2/c1-23-15-9-7-14(8-10-15)13-21(18(22)20-11-4-12-20)17-6-3-2-5-16(17)19;1-5(2,3)7-4-6/h2-3,5-10H,4,11-13H2,1H3;4H,1-3H3. The van der Waals surface area contributed by atoms with Crippen LogP contribution < -0.4 is 9.64 Å². The highest BCUT2D eigenvalue weighted by Gasteiger charge is 2.27. The molecule has 3 rings (SSSR count). The largest absolute Gasteiger partial charge is 0.497 e. The van der Waals surface area contributed by atoms with Gasteiger partial charge in [0, 0.05) is 17.6 Å². The summed E-state index contributed by atoms with van der Waals surface area (Å²) < 4.78 is 10.7. The van der Waals surface area contributed by atoms with Crippen molar-refractivity contribution in [2.45, 2.75) is 39.3 Å². The lowest BCUT2D eigenvalue weighted by Gasteiger charge is -2.36. The average molecular weight is 477 g/mol. The van der Waals surface area contributed by atoms with Crippen LogP contribution in [0.15, 0.2) is 53.0 Å². The molecule has 2 amide bonds. The highest BCUT2D eigenvalue weighted by atomic mass is 79.9. The first-order chi connectivity index (χ1) is 14.2. The fourth-order valence-corrected chi connectivity index (χ4v) is 3.16. The maximum atomic E-state index is 12.8. The van der Waals surface area contributed by atoms with Crippen molar-refractivity contribution in [3.63, 3.8) is 0 Å². The van der Waals surface area contributed by atoms with Gasteiger partial charge in [0.2, 0.25) is 0 Å². The van der Waals surface area contributed by atoms with Gasteiger partial charge in [-0.2, -0.15) is 0 Å². The highest BCUT2D eigenvalue weighted by Crippen LogP contribution is 2.29. The van der Waals surface area contributed by atoms with E-state index < -0.39 is 0 Å². The van der Waals surface area contributed by atoms with Crippen molar-refractivity contribution in [3.8, 4) is 5.75 Å². The smallest absolute Gasteiger partial charge is 0.324 e. The summed E-state index contributed by atoms with van der Waals surface area (Å²) >= 11 is 3.56. The molecule has 1 aliphatic heterocycles. The van der Waals surface area contributed by atoms with E-state index in [0.717, 1.165) is 41.0 Å². The zero-order chi connectivity index (χ0) is 22.1. The second-order valence-corrected chi connectivity index (χ2v) is 8.69. The number of hydrogen-bond donors (Lipinski definition) is 0. The monoisotopic (exact) mass is 476 g/mol. The Morgan fingerprint density at radius 1 is 1.13 bits per heavy atom. The van der Waals surface area contributed by atoms with E-state index in [1.54, 1.807) is 7.11 Å². The Kier molecular flexibility index (Phi) is 8.72. The summed E-state index contributed by atoms with van der Waals surface area (Å²) in [7, 11) is 1.65. The van der Waals surface area contributed by atoms with Crippen LogP contribution in [-0.2, 0) is 16.1 Å². The number of methoxy groups -OCH3 is 1. The SMILES string of the molecule is CC(C)(C)OC=O.COc1ccc(CN(C(=O)N2CCC2)c2ccccc2Br)cc1. The van der Waals surface area contributed by atoms with Crippen LogP contribution in [0.3, 0.4) is 0 Å². The molecule has 30 heavy (non-hydrogen) atoms. The molecular weight excluding hydrogens is 448 g/mol. The second-order valence-electron chi connectivity index (χ2n) is 7.84. The minimum Gasteiger partial charge on any atom is -0.497 e. The fraction of sp³-hybridized carbons (Fsp3) is 0.391. The molecule has 0 atom stereocenters. The van der Waals surface area contributed by atoms with E-state index in [1.807, 2.05) is 79.1 Å². The van der Waals surface area contributed by atoms with E-state index in [4.69, 9.17) is 4.74 Å². The summed E-state index contributed by atoms with van der Waals surface area (Å²) in [6.45, 7) is 8.12. The van der Waals surface area contributed by atoms with Crippen molar-refractivity contribution in [3.05, 3.63) is 58.6 Å². The number of rotatable bonds is 5. The van der Waals surface area contributed by atoms with Gasteiger partial charge in [-0.3, -0.25) is 9.69 Å². The fourth-order valence-electron chi connectivity index (χ4n) is 2.66. The molecule has 0 saturated carbocycles. The minimum atomic E-state index is -0.318. The molecule has 1 saturated heterocycles. The Hall–Kier alpha value is -2.54. The maximum Gasteiger partial charge on any atom is 0.324 e. The normalized spacial score (nSPS) is 12.8. The van der Waals surface area contributed by atoms with Crippen LogP contribution >= 0.6 is 15.9 Å². The minimum absolute atomic E-state index is 0.0546. The van der Waals surface area contributed by atoms with Crippen molar-refractivity contribution in [1.29, 1.82) is 0 Å². The molecule has 0 aliphatic carbocycles. The quantitative estimate of drug-likeness (QED) is 0.553. The third kappa shape index (κ3) is 7.06. The molecule has 1 aliphatic rings. The molecule has 0 radical (unpaired) electrons. The van der Waals surface area contributed by atoms with Crippen LogP contribution in [0.25, 0.3) is 0 Å². The third-order valence-corrected chi connectivity index (χ3v) is 5.07. The Morgan fingerprint density at radius 3 is 2.20 bits per heavy atom. The number of urea groups is 1. The number of halogens is 1. The Labute approximate surface area is 186 Å². The Balaban J connectivity index is 0.000000396. The third-order valence-electron chi connectivity index (χ3n) is 4.40. The number of para-hydroxylation sites is 1. The van der Waals surface area contributed by atoms with Gasteiger partial charge in [-0.15, -0.1) is 0 Å². The van der Waals surface area contributed by atoms with Gasteiger partial charge in [0.15, 0.2) is 0 Å². The van der Waals surface area contributed by atoms with Crippen LogP contribution in [0.2, 0.25) is 0 Å². The number of hydrogen-bond acceptors (Lipinski definition) is 4. The lowest BCUT2D eigenvalue weighted by Crippen LogP contribution is -2.49. The number of anilines is 1. The van der Waals surface area contributed by atoms with Crippen LogP contribution in [0.5, 0.6) is 5.75 Å². The number of amides is 2. The van der Waals surface area contributed by atoms with Crippen LogP contribution in [-0.4, -0.2) is 43.2 Å². The van der Waals surface area contributed by atoms with E-state index in [2.05, 4.69) is 20.7 Å². The zero-order valence-corrected chi connectivity index (χ0v) is 19.5. The first kappa shape index (κ1) is 23.7. The molecule has 0 N–H and O–H groups in total. The lowest BCUT2D eigenvalue weighted by atomic mass is 10.1. The van der Waals surface area contributed by atoms with Gasteiger partial charge < -0.3 is 14.4 Å². The molecule has 0 aromatic heterocycles. The molecule has 2 aromatic rings. The van der Waals surface area contributed by atoms with Gasteiger partial charge in [0.05, 0.1) is 19.3 Å². The van der Waals surface area contributed by atoms with Crippen molar-refractivity contribution in [2.75, 3.05) is 25.1 Å². The molecule has 2 aromatic carbocycles. The molecule has 0 unspecified atom stereocenters. The van der Waals surface area contributed by atoms with Crippen molar-refractivity contribution in [2.24, 2.45) is 0 Å². The zero-order valence-electron chi connectivity index (χ0n) is 17.9. The molecule has 6 nitrogen and oxygen atoms in total. The summed E-state index contributed by atoms with van der Waals surface area (Å²) in [6, 6.07) is 15.7. The van der Waals surface area contributed by atoms with E-state index in [9.17, 15) is 9.59 Å². The van der Waals surface area contributed by atoms with Gasteiger partial charge in [0.25, 0.3) is 6.47 Å². The lowest BCUT2D eigenvalue weighted by molar-refractivity contribution is -0.138. The average Bonchev–Trinajstić information content (AvgIpc) is 2.65. The number of carbonyl (C=O) groups excluding carboxylic acids is 2. The van der Waals surface area contributed by atoms with Gasteiger partial charge in [-0.05, 0) is 73.0 Å². The molecule has 0 bridgehead atoms. The number of carbonyl (C=O) groups is 2. The van der Waals surface area contributed by atoms with Gasteiger partial charge >= 0.3 is 6.03 Å². The Morgan fingerprint density at radius 2 is 1.77 bits per heavy atom. The summed E-state index contributed by atoms with van der Waals surface area (Å²) in [6.07, 6.45) is 1.08. The highest BCUT2D eigenvalue weighted by molar-refractivity contribution is 9.10. The first-order valence-electron chi connectivity index (χ1n) is 9.80. The van der Waals surface area contributed by atoms with E-state index in [1.165, 1.54) is 0 Å². The van der Waals surface area contributed by atoms with Gasteiger partial charge in [-0.25, -0.2) is 4.79 Å². The summed E-state index contributed by atoms with van der Waals surface area (Å²) in [5.41, 5.74) is 1.64. The van der Waals surface area contributed by atoms with Gasteiger partial charge in [-0.1, -0.05) is 24.3 Å². The predicted octanol–water partition coefficient (Wildman–Crippen LogP) is 5.25. The summed E-state index contributed by atoms with van der Waals surface area (Å²) in [5.74, 6) is 0.815. The van der Waals surface area contributed by atoms with Crippen LogP contribution in [0.1, 0.15) is 32.8 Å². The predicted molar refractivity (Wildman–Crippen MR) is 122 cm³/mol. The second kappa shape index (κ2) is 11.0. The number of nitrogens with zero attached hydrogens (tertiary/aromatic N) is 2. The van der Waals surface area contributed by atoms with Crippen LogP contribution in [0.4, 0.5) is 10.5 Å². The van der Waals surface area contributed by atoms with E-state index in [-0.39, 0.29) is 11.6 Å². The molecule has 1 heterocycles. The Bertz CT molecular complexity index is 830. The van der Waals surface area contributed by atoms with Crippen molar-refractivity contribution in [1.82, 2.24) is 4.90 Å². The molecule has 1 fully saturated rings. The van der Waals surface area contributed by atoms with E-state index in [0.29, 0.717) is 13.0 Å². The summed E-state index contributed by atoms with van der Waals surface area (Å²) in [5, 5.41) is 0. The maximum absolute atomic E-state index is 12.8. The summed E-state index contributed by atoms with van der Waals surface area (Å²) in [4.78, 5) is 26.1. The number of benzene rings is 2. The molecular formula is C23H29BrN2O4. The van der Waals surface area contributed by atoms with Crippen molar-refractivity contribution < 1.29 is 19.1 Å². The number of likely N-dealkylation sites (tertiary alicyclic amines) is 1. The van der Waals surface area contributed by atoms with Crippen molar-refractivity contribution >= 4 is 34.1 Å². The molecule has 0 spiro atoms. The topological polar surface area (TPSA) is 59.1 Å². The molecule has 7 heteroatoms.